The smallest absolute Gasteiger partial charge is 0.332 e. The van der Waals surface area contributed by atoms with Crippen LogP contribution in [-0.4, -0.2) is 44.4 Å². The Bertz CT molecular complexity index is 1240. The van der Waals surface area contributed by atoms with Gasteiger partial charge in [-0.1, -0.05) is 56.0 Å². The molecule has 10 heteroatoms. The summed E-state index contributed by atoms with van der Waals surface area (Å²) in [7, 11) is -5.57. The number of aliphatic hydroxyl groups excluding tert-OH is 1. The van der Waals surface area contributed by atoms with Crippen molar-refractivity contribution in [1.29, 1.82) is 0 Å². The molecule has 0 fully saturated rings. The van der Waals surface area contributed by atoms with E-state index in [1.54, 1.807) is 24.3 Å². The van der Waals surface area contributed by atoms with Crippen LogP contribution >= 0.6 is 0 Å². The lowest BCUT2D eigenvalue weighted by atomic mass is 10.1. The maximum Gasteiger partial charge on any atom is 0.332 e. The van der Waals surface area contributed by atoms with Crippen LogP contribution in [0, 0.1) is 0 Å². The number of hydrogen-bond donors (Lipinski definition) is 2. The summed E-state index contributed by atoms with van der Waals surface area (Å²) in [6, 6.07) is 15.2. The molecule has 36 heavy (non-hydrogen) atoms. The van der Waals surface area contributed by atoms with E-state index in [1.165, 1.54) is 12.3 Å². The molecule has 8 nitrogen and oxygen atoms in total. The predicted molar refractivity (Wildman–Crippen MR) is 146 cm³/mol. The Morgan fingerprint density at radius 1 is 1.14 bits per heavy atom. The summed E-state index contributed by atoms with van der Waals surface area (Å²) in [5.41, 5.74) is 1.86. The van der Waals surface area contributed by atoms with Crippen molar-refractivity contribution in [2.75, 3.05) is 10.8 Å². The lowest BCUT2D eigenvalue weighted by molar-refractivity contribution is -0.116. The summed E-state index contributed by atoms with van der Waals surface area (Å²) < 4.78 is 34.9. The zero-order valence-electron chi connectivity index (χ0n) is 21.4. The van der Waals surface area contributed by atoms with Crippen LogP contribution < -0.4 is 14.4 Å². The van der Waals surface area contributed by atoms with Crippen molar-refractivity contribution in [3.8, 4) is 5.75 Å². The van der Waals surface area contributed by atoms with Gasteiger partial charge in [0.25, 0.3) is 0 Å². The standard InChI is InChI=1S/C26H35N3O5SSi/c1-20(2)27-25(30)14-12-21-11-13-23(24(17-21)34-19-22-9-7-6-8-10-22)29-18-26(31)28(35(29,32)33)15-16-36(3,4)5/h6-14,17-18,20,31H,15-16,19H2,1-5H3,(H,27,30). The lowest BCUT2D eigenvalue weighted by Gasteiger charge is -2.25. The summed E-state index contributed by atoms with van der Waals surface area (Å²) in [6.45, 7) is 10.6. The molecule has 0 aliphatic carbocycles. The van der Waals surface area contributed by atoms with Gasteiger partial charge in [-0.2, -0.15) is 8.42 Å². The maximum atomic E-state index is 13.4. The van der Waals surface area contributed by atoms with Crippen LogP contribution in [0.4, 0.5) is 5.69 Å². The minimum Gasteiger partial charge on any atom is -0.493 e. The molecule has 2 aromatic carbocycles. The van der Waals surface area contributed by atoms with Crippen LogP contribution in [0.5, 0.6) is 5.75 Å². The molecule has 1 amide bonds. The fourth-order valence-corrected chi connectivity index (χ4v) is 5.99. The van der Waals surface area contributed by atoms with Crippen LogP contribution in [-0.2, 0) is 21.6 Å². The van der Waals surface area contributed by atoms with E-state index in [0.717, 1.165) is 14.2 Å². The Balaban J connectivity index is 1.93. The second-order valence-electron chi connectivity index (χ2n) is 10.2. The second-order valence-corrected chi connectivity index (χ2v) is 17.5. The summed E-state index contributed by atoms with van der Waals surface area (Å²) in [5.74, 6) is -0.240. The topological polar surface area (TPSA) is 99.2 Å². The minimum atomic E-state index is -4.03. The van der Waals surface area contributed by atoms with Gasteiger partial charge < -0.3 is 15.2 Å². The van der Waals surface area contributed by atoms with Gasteiger partial charge in [0.05, 0.1) is 6.20 Å². The van der Waals surface area contributed by atoms with E-state index in [9.17, 15) is 18.3 Å². The molecule has 0 atom stereocenters. The Hall–Kier alpha value is -3.24. The predicted octanol–water partition coefficient (Wildman–Crippen LogP) is 4.87. The van der Waals surface area contributed by atoms with Crippen LogP contribution in [0.3, 0.4) is 0 Å². The fraction of sp³-hybridized carbons (Fsp3) is 0.346. The highest BCUT2D eigenvalue weighted by Gasteiger charge is 2.39. The average Bonchev–Trinajstić information content (AvgIpc) is 3.02. The van der Waals surface area contributed by atoms with Crippen LogP contribution in [0.1, 0.15) is 25.0 Å². The Labute approximate surface area is 215 Å². The van der Waals surface area contributed by atoms with Crippen LogP contribution in [0.15, 0.2) is 66.7 Å². The molecule has 194 valence electrons. The number of rotatable bonds is 10. The Morgan fingerprint density at radius 3 is 2.47 bits per heavy atom. The molecule has 0 aromatic heterocycles. The van der Waals surface area contributed by atoms with Gasteiger partial charge in [0.1, 0.15) is 18.0 Å². The van der Waals surface area contributed by atoms with Gasteiger partial charge in [0.2, 0.25) is 11.8 Å². The second kappa shape index (κ2) is 11.2. The number of hydrogen-bond acceptors (Lipinski definition) is 5. The summed E-state index contributed by atoms with van der Waals surface area (Å²) in [5, 5.41) is 13.3. The van der Waals surface area contributed by atoms with E-state index < -0.39 is 18.3 Å². The van der Waals surface area contributed by atoms with E-state index in [1.807, 2.05) is 44.2 Å². The number of amides is 1. The molecule has 0 spiro atoms. The number of nitrogens with one attached hydrogen (secondary N) is 1. The van der Waals surface area contributed by atoms with Gasteiger partial charge >= 0.3 is 10.2 Å². The highest BCUT2D eigenvalue weighted by molar-refractivity contribution is 7.91. The third-order valence-corrected chi connectivity index (χ3v) is 8.85. The van der Waals surface area contributed by atoms with Crippen LogP contribution in [0.25, 0.3) is 6.08 Å². The molecule has 0 bridgehead atoms. The normalized spacial score (nSPS) is 15.4. The molecule has 0 radical (unpaired) electrons. The first-order valence-electron chi connectivity index (χ1n) is 11.9. The molecule has 0 saturated heterocycles. The Morgan fingerprint density at radius 2 is 1.83 bits per heavy atom. The van der Waals surface area contributed by atoms with E-state index in [0.29, 0.717) is 17.4 Å². The van der Waals surface area contributed by atoms with Gasteiger partial charge in [-0.3, -0.25) is 4.79 Å². The van der Waals surface area contributed by atoms with E-state index in [-0.39, 0.29) is 36.7 Å². The average molecular weight is 530 g/mol. The summed E-state index contributed by atoms with van der Waals surface area (Å²) in [4.78, 5) is 12.0. The number of carbonyl (C=O) groups excluding carboxylic acids is 1. The van der Waals surface area contributed by atoms with E-state index in [2.05, 4.69) is 25.0 Å². The summed E-state index contributed by atoms with van der Waals surface area (Å²) >= 11 is 0. The molecule has 1 aliphatic rings. The van der Waals surface area contributed by atoms with Gasteiger partial charge in [-0.05, 0) is 49.2 Å². The molecular formula is C26H35N3O5SSi. The zero-order chi connectivity index (χ0) is 26.5. The highest BCUT2D eigenvalue weighted by atomic mass is 32.2. The number of ether oxygens (including phenoxy) is 1. The van der Waals surface area contributed by atoms with Crippen molar-refractivity contribution >= 4 is 36.0 Å². The summed E-state index contributed by atoms with van der Waals surface area (Å²) in [6.07, 6.45) is 4.27. The molecular weight excluding hydrogens is 494 g/mol. The van der Waals surface area contributed by atoms with Crippen molar-refractivity contribution in [2.24, 2.45) is 0 Å². The first kappa shape index (κ1) is 27.3. The number of benzene rings is 2. The van der Waals surface area contributed by atoms with Gasteiger partial charge in [0, 0.05) is 26.7 Å². The highest BCUT2D eigenvalue weighted by Crippen LogP contribution is 2.37. The molecule has 0 saturated carbocycles. The van der Waals surface area contributed by atoms with Crippen LogP contribution in [0.2, 0.25) is 25.7 Å². The Kier molecular flexibility index (Phi) is 8.52. The van der Waals surface area contributed by atoms with Gasteiger partial charge in [0.15, 0.2) is 0 Å². The largest absolute Gasteiger partial charge is 0.493 e. The fourth-order valence-electron chi connectivity index (χ4n) is 3.49. The third kappa shape index (κ3) is 7.14. The monoisotopic (exact) mass is 529 g/mol. The SMILES string of the molecule is CC(C)NC(=O)C=Cc1ccc(N2C=C(O)N(CC[Si](C)(C)C)S2(=O)=O)c(OCc2ccccc2)c1. The van der Waals surface area contributed by atoms with E-state index in [4.69, 9.17) is 4.74 Å². The zero-order valence-corrected chi connectivity index (χ0v) is 23.2. The quantitative estimate of drug-likeness (QED) is 0.338. The van der Waals surface area contributed by atoms with Crippen molar-refractivity contribution in [3.63, 3.8) is 0 Å². The molecule has 2 aromatic rings. The van der Waals surface area contributed by atoms with Crippen molar-refractivity contribution < 1.29 is 23.1 Å². The molecule has 1 heterocycles. The lowest BCUT2D eigenvalue weighted by Crippen LogP contribution is -2.37. The van der Waals surface area contributed by atoms with Gasteiger partial charge in [-0.15, -0.1) is 0 Å². The first-order chi connectivity index (χ1) is 16.9. The number of aliphatic hydroxyl groups is 1. The van der Waals surface area contributed by atoms with Crippen molar-refractivity contribution in [2.45, 2.75) is 52.2 Å². The van der Waals surface area contributed by atoms with Gasteiger partial charge in [-0.25, -0.2) is 8.61 Å². The third-order valence-electron chi connectivity index (χ3n) is 5.40. The first-order valence-corrected chi connectivity index (χ1v) is 17.0. The van der Waals surface area contributed by atoms with Crippen molar-refractivity contribution in [3.05, 3.63) is 77.8 Å². The molecule has 2 N–H and O–H groups in total. The minimum absolute atomic E-state index is 0.0121. The maximum absolute atomic E-state index is 13.4. The molecule has 0 unspecified atom stereocenters. The van der Waals surface area contributed by atoms with Crippen molar-refractivity contribution in [1.82, 2.24) is 9.62 Å². The van der Waals surface area contributed by atoms with E-state index >= 15 is 0 Å². The molecule has 1 aliphatic heterocycles. The number of nitrogens with zero attached hydrogens (tertiary/aromatic N) is 2. The number of anilines is 1. The number of carbonyl (C=O) groups is 1. The molecule has 3 rings (SSSR count).